The quantitative estimate of drug-likeness (QED) is 0.730. The van der Waals surface area contributed by atoms with Crippen LogP contribution in [0.15, 0.2) is 23.1 Å². The Balaban J connectivity index is 2.26. The fourth-order valence-electron chi connectivity index (χ4n) is 3.37. The van der Waals surface area contributed by atoms with Crippen LogP contribution in [0.4, 0.5) is 0 Å². The first kappa shape index (κ1) is 21.7. The molecule has 1 aromatic carbocycles. The molecule has 0 unspecified atom stereocenters. The van der Waals surface area contributed by atoms with Gasteiger partial charge in [0.1, 0.15) is 5.75 Å². The third kappa shape index (κ3) is 5.45. The molecule has 2 rings (SSSR count). The van der Waals surface area contributed by atoms with Crippen LogP contribution in [0, 0.1) is 5.92 Å². The van der Waals surface area contributed by atoms with Gasteiger partial charge in [-0.15, -0.1) is 0 Å². The van der Waals surface area contributed by atoms with Gasteiger partial charge in [0.25, 0.3) is 5.91 Å². The van der Waals surface area contributed by atoms with Crippen molar-refractivity contribution in [2.45, 2.75) is 57.3 Å². The second-order valence-electron chi connectivity index (χ2n) is 7.07. The fraction of sp³-hybridized carbons (Fsp3) is 0.650. The topological polar surface area (TPSA) is 75.7 Å². The Morgan fingerprint density at radius 3 is 2.33 bits per heavy atom. The zero-order chi connectivity index (χ0) is 19.9. The largest absolute Gasteiger partial charge is 0.496 e. The van der Waals surface area contributed by atoms with E-state index in [1.165, 1.54) is 23.5 Å². The molecule has 0 saturated carbocycles. The van der Waals surface area contributed by atoms with E-state index in [0.717, 1.165) is 38.5 Å². The molecule has 1 aromatic rings. The lowest BCUT2D eigenvalue weighted by Gasteiger charge is -2.21. The third-order valence-electron chi connectivity index (χ3n) is 5.32. The van der Waals surface area contributed by atoms with Crippen LogP contribution in [0.1, 0.15) is 62.7 Å². The minimum absolute atomic E-state index is 0.151. The summed E-state index contributed by atoms with van der Waals surface area (Å²) in [6.45, 7) is 5.82. The fourth-order valence-corrected chi connectivity index (χ4v) is 4.91. The summed E-state index contributed by atoms with van der Waals surface area (Å²) in [5, 5.41) is 2.92. The van der Waals surface area contributed by atoms with Gasteiger partial charge in [-0.05, 0) is 37.0 Å². The number of carbonyl (C=O) groups is 1. The SMILES string of the molecule is CCC(CC)CNC(=O)c1cc(S(=O)(=O)N2CCCCCC2)ccc1OC. The van der Waals surface area contributed by atoms with Gasteiger partial charge < -0.3 is 10.1 Å². The van der Waals surface area contributed by atoms with Crippen LogP contribution in [-0.2, 0) is 10.0 Å². The Bertz CT molecular complexity index is 721. The molecule has 1 aliphatic heterocycles. The average Bonchev–Trinajstić information content (AvgIpc) is 2.98. The molecule has 1 fully saturated rings. The lowest BCUT2D eigenvalue weighted by atomic mass is 10.0. The molecular weight excluding hydrogens is 364 g/mol. The Hall–Kier alpha value is -1.60. The van der Waals surface area contributed by atoms with E-state index in [9.17, 15) is 13.2 Å². The van der Waals surface area contributed by atoms with Crippen LogP contribution in [0.2, 0.25) is 0 Å². The normalized spacial score (nSPS) is 16.1. The van der Waals surface area contributed by atoms with Gasteiger partial charge >= 0.3 is 0 Å². The number of hydrogen-bond donors (Lipinski definition) is 1. The van der Waals surface area contributed by atoms with Gasteiger partial charge in [-0.1, -0.05) is 39.5 Å². The van der Waals surface area contributed by atoms with E-state index in [2.05, 4.69) is 19.2 Å². The molecule has 1 heterocycles. The van der Waals surface area contributed by atoms with E-state index in [1.807, 2.05) is 0 Å². The average molecular weight is 397 g/mol. The molecule has 6 nitrogen and oxygen atoms in total. The minimum Gasteiger partial charge on any atom is -0.496 e. The highest BCUT2D eigenvalue weighted by Gasteiger charge is 2.27. The van der Waals surface area contributed by atoms with Crippen LogP contribution in [0.25, 0.3) is 0 Å². The summed E-state index contributed by atoms with van der Waals surface area (Å²) in [6.07, 6.45) is 5.82. The molecule has 0 radical (unpaired) electrons. The second-order valence-corrected chi connectivity index (χ2v) is 9.01. The van der Waals surface area contributed by atoms with Crippen LogP contribution in [-0.4, -0.2) is 45.4 Å². The van der Waals surface area contributed by atoms with Crippen LogP contribution >= 0.6 is 0 Å². The van der Waals surface area contributed by atoms with Crippen LogP contribution in [0.3, 0.4) is 0 Å². The van der Waals surface area contributed by atoms with E-state index >= 15 is 0 Å². The minimum atomic E-state index is -3.61. The molecule has 7 heteroatoms. The second kappa shape index (κ2) is 10.1. The highest BCUT2D eigenvalue weighted by atomic mass is 32.2. The van der Waals surface area contributed by atoms with Crippen molar-refractivity contribution in [3.05, 3.63) is 23.8 Å². The van der Waals surface area contributed by atoms with Gasteiger partial charge in [-0.25, -0.2) is 8.42 Å². The summed E-state index contributed by atoms with van der Waals surface area (Å²) in [4.78, 5) is 12.8. The Morgan fingerprint density at radius 1 is 1.15 bits per heavy atom. The van der Waals surface area contributed by atoms with E-state index in [0.29, 0.717) is 31.3 Å². The highest BCUT2D eigenvalue weighted by Crippen LogP contribution is 2.26. The molecule has 1 aliphatic rings. The molecule has 0 spiro atoms. The number of benzene rings is 1. The summed E-state index contributed by atoms with van der Waals surface area (Å²) in [5.41, 5.74) is 0.263. The van der Waals surface area contributed by atoms with Crippen molar-refractivity contribution >= 4 is 15.9 Å². The summed E-state index contributed by atoms with van der Waals surface area (Å²) in [7, 11) is -2.13. The zero-order valence-corrected chi connectivity index (χ0v) is 17.5. The van der Waals surface area contributed by atoms with Crippen molar-refractivity contribution in [1.29, 1.82) is 0 Å². The van der Waals surface area contributed by atoms with Gasteiger partial charge in [0.15, 0.2) is 0 Å². The summed E-state index contributed by atoms with van der Waals surface area (Å²) in [6, 6.07) is 4.54. The number of amides is 1. The van der Waals surface area contributed by atoms with Crippen molar-refractivity contribution < 1.29 is 17.9 Å². The predicted octanol–water partition coefficient (Wildman–Crippen LogP) is 3.43. The first-order chi connectivity index (χ1) is 12.9. The van der Waals surface area contributed by atoms with Crippen molar-refractivity contribution in [2.75, 3.05) is 26.7 Å². The van der Waals surface area contributed by atoms with E-state index in [-0.39, 0.29) is 16.4 Å². The maximum Gasteiger partial charge on any atom is 0.255 e. The molecule has 1 N–H and O–H groups in total. The lowest BCUT2D eigenvalue weighted by molar-refractivity contribution is 0.0943. The Labute approximate surface area is 163 Å². The van der Waals surface area contributed by atoms with Gasteiger partial charge in [0.2, 0.25) is 10.0 Å². The van der Waals surface area contributed by atoms with Gasteiger partial charge in [0.05, 0.1) is 17.6 Å². The first-order valence-electron chi connectivity index (χ1n) is 9.90. The number of carbonyl (C=O) groups excluding carboxylic acids is 1. The van der Waals surface area contributed by atoms with Crippen LogP contribution in [0.5, 0.6) is 5.75 Å². The van der Waals surface area contributed by atoms with Crippen molar-refractivity contribution in [3.63, 3.8) is 0 Å². The van der Waals surface area contributed by atoms with Gasteiger partial charge in [0, 0.05) is 19.6 Å². The van der Waals surface area contributed by atoms with Crippen molar-refractivity contribution in [2.24, 2.45) is 5.92 Å². The molecule has 1 saturated heterocycles. The standard InChI is InChI=1S/C20H32N2O4S/c1-4-16(5-2)15-21-20(23)18-14-17(10-11-19(18)26-3)27(24,25)22-12-8-6-7-9-13-22/h10-11,14,16H,4-9,12-13,15H2,1-3H3,(H,21,23). The molecule has 27 heavy (non-hydrogen) atoms. The molecular formula is C20H32N2O4S. The number of ether oxygens (including phenoxy) is 1. The number of sulfonamides is 1. The molecule has 0 bridgehead atoms. The summed E-state index contributed by atoms with van der Waals surface area (Å²) < 4.78 is 32.9. The highest BCUT2D eigenvalue weighted by molar-refractivity contribution is 7.89. The number of rotatable bonds is 8. The van der Waals surface area contributed by atoms with E-state index in [1.54, 1.807) is 6.07 Å². The lowest BCUT2D eigenvalue weighted by Crippen LogP contribution is -2.32. The van der Waals surface area contributed by atoms with E-state index < -0.39 is 10.0 Å². The molecule has 0 aliphatic carbocycles. The molecule has 1 amide bonds. The predicted molar refractivity (Wildman–Crippen MR) is 107 cm³/mol. The third-order valence-corrected chi connectivity index (χ3v) is 7.22. The van der Waals surface area contributed by atoms with Crippen molar-refractivity contribution in [3.8, 4) is 5.75 Å². The maximum absolute atomic E-state index is 13.0. The number of nitrogens with one attached hydrogen (secondary N) is 1. The summed E-state index contributed by atoms with van der Waals surface area (Å²) >= 11 is 0. The van der Waals surface area contributed by atoms with Crippen molar-refractivity contribution in [1.82, 2.24) is 9.62 Å². The number of nitrogens with zero attached hydrogens (tertiary/aromatic N) is 1. The van der Waals surface area contributed by atoms with Crippen LogP contribution < -0.4 is 10.1 Å². The smallest absolute Gasteiger partial charge is 0.255 e. The van der Waals surface area contributed by atoms with Gasteiger partial charge in [-0.3, -0.25) is 4.79 Å². The zero-order valence-electron chi connectivity index (χ0n) is 16.7. The number of methoxy groups -OCH3 is 1. The number of hydrogen-bond acceptors (Lipinski definition) is 4. The summed E-state index contributed by atoms with van der Waals surface area (Å²) in [5.74, 6) is 0.488. The van der Waals surface area contributed by atoms with Gasteiger partial charge in [-0.2, -0.15) is 4.31 Å². The molecule has 0 aromatic heterocycles. The first-order valence-corrected chi connectivity index (χ1v) is 11.3. The monoisotopic (exact) mass is 396 g/mol. The Kier molecular flexibility index (Phi) is 8.10. The molecule has 0 atom stereocenters. The maximum atomic E-state index is 13.0. The Morgan fingerprint density at radius 2 is 1.78 bits per heavy atom. The molecule has 152 valence electrons. The van der Waals surface area contributed by atoms with E-state index in [4.69, 9.17) is 4.74 Å².